The van der Waals surface area contributed by atoms with Crippen molar-refractivity contribution in [2.24, 2.45) is 0 Å². The van der Waals surface area contributed by atoms with Crippen LogP contribution >= 0.6 is 11.6 Å². The van der Waals surface area contributed by atoms with Gasteiger partial charge in [-0.3, -0.25) is 0 Å². The van der Waals surface area contributed by atoms with Crippen molar-refractivity contribution in [3.05, 3.63) is 107 Å². The maximum atomic E-state index is 6.55. The van der Waals surface area contributed by atoms with Crippen molar-refractivity contribution in [3.8, 4) is 5.75 Å². The normalized spacial score (nSPS) is 18.7. The third-order valence-electron chi connectivity index (χ3n) is 6.17. The smallest absolute Gasteiger partial charge is 0.132 e. The Kier molecular flexibility index (Phi) is 8.50. The van der Waals surface area contributed by atoms with E-state index in [1.165, 1.54) is 5.56 Å². The molecular formula is C30H34ClNO3. The fraction of sp³-hybridized carbons (Fsp3) is 0.333. The number of fused-ring (bicyclic) bond motifs is 1. The highest BCUT2D eigenvalue weighted by Gasteiger charge is 2.45. The van der Waals surface area contributed by atoms with Gasteiger partial charge >= 0.3 is 0 Å². The standard InChI is InChI=1S/C30H34ClNO3/c1-4-5-17-34-29-28(33-18-16-22-10-7-6-8-11-22)26-20-25(14-15-27(26)35-30(29,2)3)32-21-23-12-9-13-24(31)19-23/h4-15,19-20,28-29,32H,16-18,21H2,1-3H3/b5-4+. The zero-order valence-electron chi connectivity index (χ0n) is 20.7. The zero-order chi connectivity index (χ0) is 24.7. The molecule has 0 amide bonds. The molecule has 0 spiro atoms. The number of rotatable bonds is 10. The van der Waals surface area contributed by atoms with Gasteiger partial charge in [0.05, 0.1) is 13.2 Å². The van der Waals surface area contributed by atoms with Crippen molar-refractivity contribution in [2.45, 2.75) is 51.5 Å². The first-order valence-corrected chi connectivity index (χ1v) is 12.5. The second kappa shape index (κ2) is 11.8. The summed E-state index contributed by atoms with van der Waals surface area (Å²) in [6, 6.07) is 24.5. The van der Waals surface area contributed by atoms with E-state index in [1.54, 1.807) is 0 Å². The van der Waals surface area contributed by atoms with Crippen LogP contribution in [0.3, 0.4) is 0 Å². The lowest BCUT2D eigenvalue weighted by atomic mass is 9.87. The van der Waals surface area contributed by atoms with Crippen LogP contribution in [0.25, 0.3) is 0 Å². The van der Waals surface area contributed by atoms with E-state index in [0.717, 1.165) is 34.0 Å². The van der Waals surface area contributed by atoms with Crippen LogP contribution in [0.1, 0.15) is 43.6 Å². The van der Waals surface area contributed by atoms with Crippen molar-refractivity contribution in [3.63, 3.8) is 0 Å². The van der Waals surface area contributed by atoms with Gasteiger partial charge in [-0.15, -0.1) is 0 Å². The SMILES string of the molecule is C/C=C/COC1C(OCCc2ccccc2)c2cc(NCc3cccc(Cl)c3)ccc2OC1(C)C. The number of nitrogens with one attached hydrogen (secondary N) is 1. The molecule has 3 aromatic carbocycles. The highest BCUT2D eigenvalue weighted by molar-refractivity contribution is 6.30. The summed E-state index contributed by atoms with van der Waals surface area (Å²) >= 11 is 6.15. The molecule has 0 saturated carbocycles. The van der Waals surface area contributed by atoms with Gasteiger partial charge in [-0.2, -0.15) is 0 Å². The molecule has 4 nitrogen and oxygen atoms in total. The van der Waals surface area contributed by atoms with Gasteiger partial charge in [-0.1, -0.05) is 66.2 Å². The first kappa shape index (κ1) is 25.3. The van der Waals surface area contributed by atoms with Crippen LogP contribution in [0.4, 0.5) is 5.69 Å². The van der Waals surface area contributed by atoms with Crippen molar-refractivity contribution in [1.29, 1.82) is 0 Å². The van der Waals surface area contributed by atoms with Crippen LogP contribution in [0.5, 0.6) is 5.75 Å². The van der Waals surface area contributed by atoms with Gasteiger partial charge < -0.3 is 19.5 Å². The third kappa shape index (κ3) is 6.66. The quantitative estimate of drug-likeness (QED) is 0.300. The molecule has 0 aliphatic carbocycles. The van der Waals surface area contributed by atoms with Gasteiger partial charge in [0.15, 0.2) is 0 Å². The van der Waals surface area contributed by atoms with Gasteiger partial charge in [-0.25, -0.2) is 0 Å². The first-order valence-electron chi connectivity index (χ1n) is 12.2. The Balaban J connectivity index is 1.56. The van der Waals surface area contributed by atoms with E-state index in [2.05, 4.69) is 55.6 Å². The van der Waals surface area contributed by atoms with Crippen LogP contribution < -0.4 is 10.1 Å². The number of allylic oxidation sites excluding steroid dienone is 1. The molecule has 35 heavy (non-hydrogen) atoms. The average Bonchev–Trinajstić information content (AvgIpc) is 2.85. The van der Waals surface area contributed by atoms with E-state index in [9.17, 15) is 0 Å². The molecular weight excluding hydrogens is 458 g/mol. The van der Waals surface area contributed by atoms with E-state index in [-0.39, 0.29) is 12.2 Å². The molecule has 1 N–H and O–H groups in total. The molecule has 3 aromatic rings. The maximum absolute atomic E-state index is 6.55. The predicted molar refractivity (Wildman–Crippen MR) is 143 cm³/mol. The summed E-state index contributed by atoms with van der Waals surface area (Å²) in [5.74, 6) is 0.832. The van der Waals surface area contributed by atoms with Crippen LogP contribution in [0.15, 0.2) is 84.9 Å². The summed E-state index contributed by atoms with van der Waals surface area (Å²) in [7, 11) is 0. The third-order valence-corrected chi connectivity index (χ3v) is 6.41. The Bertz CT molecular complexity index is 1130. The molecule has 4 rings (SSSR count). The minimum atomic E-state index is -0.540. The number of benzene rings is 3. The summed E-state index contributed by atoms with van der Waals surface area (Å²) in [6.07, 6.45) is 4.33. The van der Waals surface area contributed by atoms with Crippen LogP contribution in [-0.2, 0) is 22.4 Å². The molecule has 0 radical (unpaired) electrons. The summed E-state index contributed by atoms with van der Waals surface area (Å²) in [6.45, 7) is 7.89. The molecule has 1 aliphatic heterocycles. The number of hydrogen-bond acceptors (Lipinski definition) is 4. The van der Waals surface area contributed by atoms with Crippen molar-refractivity contribution in [2.75, 3.05) is 18.5 Å². The first-order chi connectivity index (χ1) is 17.0. The largest absolute Gasteiger partial charge is 0.485 e. The summed E-state index contributed by atoms with van der Waals surface area (Å²) in [5.41, 5.74) is 3.83. The minimum absolute atomic E-state index is 0.254. The van der Waals surface area contributed by atoms with Crippen molar-refractivity contribution < 1.29 is 14.2 Å². The summed E-state index contributed by atoms with van der Waals surface area (Å²) < 4.78 is 19.3. The molecule has 0 aromatic heterocycles. The lowest BCUT2D eigenvalue weighted by Gasteiger charge is -2.44. The Morgan fingerprint density at radius 3 is 2.54 bits per heavy atom. The fourth-order valence-corrected chi connectivity index (χ4v) is 4.58. The fourth-order valence-electron chi connectivity index (χ4n) is 4.36. The van der Waals surface area contributed by atoms with Gasteiger partial charge in [0.25, 0.3) is 0 Å². The lowest BCUT2D eigenvalue weighted by molar-refractivity contribution is -0.157. The van der Waals surface area contributed by atoms with E-state index >= 15 is 0 Å². The van der Waals surface area contributed by atoms with Gasteiger partial charge in [-0.05, 0) is 68.7 Å². The number of hydrogen-bond donors (Lipinski definition) is 1. The van der Waals surface area contributed by atoms with Gasteiger partial charge in [0.2, 0.25) is 0 Å². The predicted octanol–water partition coefficient (Wildman–Crippen LogP) is 7.38. The molecule has 0 bridgehead atoms. The lowest BCUT2D eigenvalue weighted by Crippen LogP contribution is -2.51. The molecule has 0 fully saturated rings. The Morgan fingerprint density at radius 1 is 0.971 bits per heavy atom. The zero-order valence-corrected chi connectivity index (χ0v) is 21.4. The Morgan fingerprint density at radius 2 is 1.77 bits per heavy atom. The van der Waals surface area contributed by atoms with Crippen LogP contribution in [0, 0.1) is 0 Å². The minimum Gasteiger partial charge on any atom is -0.485 e. The molecule has 184 valence electrons. The topological polar surface area (TPSA) is 39.7 Å². The molecule has 0 saturated heterocycles. The Hall–Kier alpha value is -2.79. The number of halogens is 1. The van der Waals surface area contributed by atoms with Crippen molar-refractivity contribution >= 4 is 17.3 Å². The number of ether oxygens (including phenoxy) is 3. The molecule has 2 atom stereocenters. The molecule has 1 heterocycles. The second-order valence-corrected chi connectivity index (χ2v) is 9.73. The van der Waals surface area contributed by atoms with Gasteiger partial charge in [0.1, 0.15) is 23.6 Å². The molecule has 5 heteroatoms. The molecule has 2 unspecified atom stereocenters. The Labute approximate surface area is 213 Å². The highest BCUT2D eigenvalue weighted by Crippen LogP contribution is 2.44. The average molecular weight is 492 g/mol. The second-order valence-electron chi connectivity index (χ2n) is 9.29. The van der Waals surface area contributed by atoms with E-state index in [1.807, 2.05) is 55.5 Å². The van der Waals surface area contributed by atoms with E-state index in [4.69, 9.17) is 25.8 Å². The maximum Gasteiger partial charge on any atom is 0.132 e. The summed E-state index contributed by atoms with van der Waals surface area (Å²) in [5, 5.41) is 4.24. The van der Waals surface area contributed by atoms with Crippen LogP contribution in [-0.4, -0.2) is 24.9 Å². The van der Waals surface area contributed by atoms with E-state index < -0.39 is 5.60 Å². The van der Waals surface area contributed by atoms with Crippen molar-refractivity contribution in [1.82, 2.24) is 0 Å². The summed E-state index contributed by atoms with van der Waals surface area (Å²) in [4.78, 5) is 0. The highest BCUT2D eigenvalue weighted by atomic mass is 35.5. The van der Waals surface area contributed by atoms with Gasteiger partial charge in [0, 0.05) is 22.8 Å². The molecule has 1 aliphatic rings. The van der Waals surface area contributed by atoms with E-state index in [0.29, 0.717) is 19.8 Å². The number of anilines is 1. The monoisotopic (exact) mass is 491 g/mol. The van der Waals surface area contributed by atoms with Crippen LogP contribution in [0.2, 0.25) is 5.02 Å².